The minimum atomic E-state index is -0.495. The lowest BCUT2D eigenvalue weighted by Crippen LogP contribution is -2.04. The second kappa shape index (κ2) is 4.56. The molecular weight excluding hydrogens is 220 g/mol. The molecule has 1 aromatic heterocycles. The topological polar surface area (TPSA) is 75.7 Å². The summed E-state index contributed by atoms with van der Waals surface area (Å²) in [6.07, 6.45) is 0.966. The van der Waals surface area contributed by atoms with Gasteiger partial charge in [-0.15, -0.1) is 12.4 Å². The first-order chi connectivity index (χ1) is 6.81. The summed E-state index contributed by atoms with van der Waals surface area (Å²) in [6, 6.07) is 6.78. The molecule has 0 radical (unpaired) electrons. The summed E-state index contributed by atoms with van der Waals surface area (Å²) in [5, 5.41) is 11.4. The van der Waals surface area contributed by atoms with Crippen molar-refractivity contribution in [2.24, 2.45) is 5.16 Å². The van der Waals surface area contributed by atoms with E-state index in [2.05, 4.69) is 10.1 Å². The van der Waals surface area contributed by atoms with Gasteiger partial charge in [-0.25, -0.2) is 9.78 Å². The third-order valence-corrected chi connectivity index (χ3v) is 1.72. The number of rotatable bonds is 1. The maximum atomic E-state index is 11.3. The highest BCUT2D eigenvalue weighted by Gasteiger charge is 2.02. The monoisotopic (exact) mass is 226 g/mol. The molecule has 0 unspecified atom stereocenters. The van der Waals surface area contributed by atoms with Gasteiger partial charge in [-0.05, 0) is 12.1 Å². The number of nitrogens with zero attached hydrogens (tertiary/aromatic N) is 2. The van der Waals surface area contributed by atoms with Crippen molar-refractivity contribution in [3.63, 3.8) is 0 Å². The number of aromatic nitrogens is 1. The van der Waals surface area contributed by atoms with Crippen molar-refractivity contribution in [3.8, 4) is 0 Å². The summed E-state index contributed by atoms with van der Waals surface area (Å²) >= 11 is 0. The fraction of sp³-hybridized carbons (Fsp3) is 0. The number of halogens is 1. The van der Waals surface area contributed by atoms with E-state index in [1.165, 1.54) is 0 Å². The summed E-state index contributed by atoms with van der Waals surface area (Å²) in [7, 11) is 0. The third-order valence-electron chi connectivity index (χ3n) is 1.72. The highest BCUT2D eigenvalue weighted by Crippen LogP contribution is 2.05. The summed E-state index contributed by atoms with van der Waals surface area (Å²) in [5.41, 5.74) is 0.0177. The van der Waals surface area contributed by atoms with Gasteiger partial charge >= 0.3 is 5.63 Å². The van der Waals surface area contributed by atoms with Crippen LogP contribution in [-0.4, -0.2) is 16.4 Å². The van der Waals surface area contributed by atoms with Gasteiger partial charge in [0.05, 0.1) is 10.9 Å². The Morgan fingerprint density at radius 2 is 2.13 bits per heavy atom. The molecule has 0 atom stereocenters. The molecule has 1 aromatic carbocycles. The van der Waals surface area contributed by atoms with E-state index in [4.69, 9.17) is 9.62 Å². The number of para-hydroxylation sites is 1. The Kier molecular flexibility index (Phi) is 3.41. The molecule has 1 N–H and O–H groups in total. The molecule has 0 saturated carbocycles. The van der Waals surface area contributed by atoms with Gasteiger partial charge in [0.15, 0.2) is 0 Å². The van der Waals surface area contributed by atoms with Gasteiger partial charge in [0.1, 0.15) is 6.21 Å². The van der Waals surface area contributed by atoms with E-state index in [0.29, 0.717) is 10.9 Å². The summed E-state index contributed by atoms with van der Waals surface area (Å²) in [4.78, 5) is 15.3. The van der Waals surface area contributed by atoms with Gasteiger partial charge < -0.3 is 9.62 Å². The summed E-state index contributed by atoms with van der Waals surface area (Å²) < 4.78 is 4.75. The number of fused-ring (bicyclic) bond motifs is 1. The SMILES string of the molecule is Cl.O=c1oc(/C=N/O)nc2ccccc12. The average molecular weight is 227 g/mol. The van der Waals surface area contributed by atoms with Crippen LogP contribution in [0.15, 0.2) is 38.6 Å². The van der Waals surface area contributed by atoms with Crippen LogP contribution in [0.4, 0.5) is 0 Å². The molecule has 0 bridgehead atoms. The van der Waals surface area contributed by atoms with Gasteiger partial charge in [-0.3, -0.25) is 0 Å². The quantitative estimate of drug-likeness (QED) is 0.453. The highest BCUT2D eigenvalue weighted by atomic mass is 35.5. The molecule has 15 heavy (non-hydrogen) atoms. The summed E-state index contributed by atoms with van der Waals surface area (Å²) in [5.74, 6) is -0.0174. The van der Waals surface area contributed by atoms with Gasteiger partial charge in [-0.2, -0.15) is 0 Å². The molecule has 78 valence electrons. The van der Waals surface area contributed by atoms with Crippen molar-refractivity contribution < 1.29 is 9.62 Å². The Labute approximate surface area is 90.5 Å². The van der Waals surface area contributed by atoms with Crippen molar-refractivity contribution in [1.82, 2.24) is 4.98 Å². The second-order valence-corrected chi connectivity index (χ2v) is 2.60. The van der Waals surface area contributed by atoms with E-state index in [0.717, 1.165) is 6.21 Å². The summed E-state index contributed by atoms with van der Waals surface area (Å²) in [6.45, 7) is 0. The van der Waals surface area contributed by atoms with E-state index < -0.39 is 5.63 Å². The van der Waals surface area contributed by atoms with E-state index in [1.807, 2.05) is 0 Å². The number of hydrogen-bond acceptors (Lipinski definition) is 5. The van der Waals surface area contributed by atoms with Gasteiger partial charge in [0.25, 0.3) is 0 Å². The van der Waals surface area contributed by atoms with E-state index in [9.17, 15) is 4.79 Å². The standard InChI is InChI=1S/C9H6N2O3.ClH/c12-9-6-3-1-2-4-7(6)11-8(14-9)5-10-13;/h1-5,13H;1H/b10-5+;. The molecule has 6 heteroatoms. The molecular formula is C9H7ClN2O3. The number of hydrogen-bond donors (Lipinski definition) is 1. The zero-order valence-electron chi connectivity index (χ0n) is 7.45. The van der Waals surface area contributed by atoms with Crippen LogP contribution < -0.4 is 5.63 Å². The van der Waals surface area contributed by atoms with Crippen LogP contribution in [0.3, 0.4) is 0 Å². The lowest BCUT2D eigenvalue weighted by atomic mass is 10.2. The molecule has 0 aliphatic carbocycles. The molecule has 0 amide bonds. The molecule has 2 aromatic rings. The largest absolute Gasteiger partial charge is 0.411 e. The predicted octanol–water partition coefficient (Wildman–Crippen LogP) is 1.42. The first kappa shape index (κ1) is 11.2. The molecule has 0 saturated heterocycles. The first-order valence-corrected chi connectivity index (χ1v) is 3.88. The Morgan fingerprint density at radius 3 is 2.87 bits per heavy atom. The van der Waals surface area contributed by atoms with Crippen LogP contribution in [0.2, 0.25) is 0 Å². The third kappa shape index (κ3) is 2.13. The van der Waals surface area contributed by atoms with Crippen molar-refractivity contribution in [2.75, 3.05) is 0 Å². The van der Waals surface area contributed by atoms with E-state index >= 15 is 0 Å². The predicted molar refractivity (Wildman–Crippen MR) is 56.9 cm³/mol. The first-order valence-electron chi connectivity index (χ1n) is 3.88. The number of oxime groups is 1. The Hall–Kier alpha value is -1.88. The maximum absolute atomic E-state index is 11.3. The van der Waals surface area contributed by atoms with Gasteiger partial charge in [0.2, 0.25) is 5.89 Å². The zero-order valence-corrected chi connectivity index (χ0v) is 8.27. The molecule has 1 heterocycles. The smallest absolute Gasteiger partial charge is 0.347 e. The zero-order chi connectivity index (χ0) is 9.97. The van der Waals surface area contributed by atoms with Gasteiger partial charge in [0, 0.05) is 0 Å². The molecule has 0 aliphatic heterocycles. The van der Waals surface area contributed by atoms with Crippen LogP contribution in [0.5, 0.6) is 0 Å². The Bertz CT molecular complexity index is 550. The minimum Gasteiger partial charge on any atom is -0.411 e. The van der Waals surface area contributed by atoms with Crippen molar-refractivity contribution >= 4 is 29.5 Å². The van der Waals surface area contributed by atoms with Crippen LogP contribution in [-0.2, 0) is 0 Å². The van der Waals surface area contributed by atoms with Crippen molar-refractivity contribution in [1.29, 1.82) is 0 Å². The van der Waals surface area contributed by atoms with Crippen LogP contribution in [0.25, 0.3) is 10.9 Å². The minimum absolute atomic E-state index is 0. The highest BCUT2D eigenvalue weighted by molar-refractivity contribution is 5.85. The lowest BCUT2D eigenvalue weighted by Gasteiger charge is -1.94. The lowest BCUT2D eigenvalue weighted by molar-refractivity contribution is 0.320. The van der Waals surface area contributed by atoms with Crippen LogP contribution in [0, 0.1) is 0 Å². The van der Waals surface area contributed by atoms with E-state index in [-0.39, 0.29) is 18.3 Å². The molecule has 0 spiro atoms. The average Bonchev–Trinajstić information content (AvgIpc) is 2.18. The van der Waals surface area contributed by atoms with Crippen molar-refractivity contribution in [2.45, 2.75) is 0 Å². The Balaban J connectivity index is 0.00000112. The fourth-order valence-electron chi connectivity index (χ4n) is 1.14. The molecule has 5 nitrogen and oxygen atoms in total. The fourth-order valence-corrected chi connectivity index (χ4v) is 1.14. The van der Waals surface area contributed by atoms with Crippen LogP contribution >= 0.6 is 12.4 Å². The molecule has 0 aliphatic rings. The van der Waals surface area contributed by atoms with E-state index in [1.54, 1.807) is 24.3 Å². The normalized spacial score (nSPS) is 10.4. The molecule has 2 rings (SSSR count). The van der Waals surface area contributed by atoms with Gasteiger partial charge in [-0.1, -0.05) is 17.3 Å². The molecule has 0 fully saturated rings. The maximum Gasteiger partial charge on any atom is 0.347 e. The van der Waals surface area contributed by atoms with Crippen LogP contribution in [0.1, 0.15) is 5.89 Å². The second-order valence-electron chi connectivity index (χ2n) is 2.60. The number of benzene rings is 1. The van der Waals surface area contributed by atoms with Crippen molar-refractivity contribution in [3.05, 3.63) is 40.6 Å². The Morgan fingerprint density at radius 1 is 1.40 bits per heavy atom.